The SMILES string of the molecule is C#CCNC(=O)NC(C)c1ccccc1Cl. The number of hydrogen-bond donors (Lipinski definition) is 2. The van der Waals surface area contributed by atoms with Gasteiger partial charge in [0.05, 0.1) is 12.6 Å². The van der Waals surface area contributed by atoms with E-state index in [4.69, 9.17) is 18.0 Å². The van der Waals surface area contributed by atoms with Crippen LogP contribution < -0.4 is 10.6 Å². The monoisotopic (exact) mass is 236 g/mol. The van der Waals surface area contributed by atoms with Crippen molar-refractivity contribution < 1.29 is 4.79 Å². The Labute approximate surface area is 100 Å². The number of nitrogens with one attached hydrogen (secondary N) is 2. The van der Waals surface area contributed by atoms with Crippen molar-refractivity contribution in [3.05, 3.63) is 34.9 Å². The molecule has 2 amide bonds. The summed E-state index contributed by atoms with van der Waals surface area (Å²) >= 11 is 6.00. The Morgan fingerprint density at radius 2 is 2.25 bits per heavy atom. The maximum absolute atomic E-state index is 11.3. The maximum atomic E-state index is 11.3. The van der Waals surface area contributed by atoms with E-state index in [9.17, 15) is 4.79 Å². The van der Waals surface area contributed by atoms with Crippen LogP contribution in [0.5, 0.6) is 0 Å². The summed E-state index contributed by atoms with van der Waals surface area (Å²) in [6.07, 6.45) is 5.03. The lowest BCUT2D eigenvalue weighted by molar-refractivity contribution is 0.239. The van der Waals surface area contributed by atoms with Gasteiger partial charge in [-0.15, -0.1) is 6.42 Å². The Morgan fingerprint density at radius 3 is 2.88 bits per heavy atom. The highest BCUT2D eigenvalue weighted by Gasteiger charge is 2.11. The van der Waals surface area contributed by atoms with Crippen LogP contribution in [-0.2, 0) is 0 Å². The average molecular weight is 237 g/mol. The van der Waals surface area contributed by atoms with Crippen molar-refractivity contribution >= 4 is 17.6 Å². The third-order valence-electron chi connectivity index (χ3n) is 2.07. The van der Waals surface area contributed by atoms with Crippen LogP contribution in [-0.4, -0.2) is 12.6 Å². The molecule has 0 aliphatic carbocycles. The Kier molecular flexibility index (Phi) is 4.68. The summed E-state index contributed by atoms with van der Waals surface area (Å²) in [6.45, 7) is 2.07. The van der Waals surface area contributed by atoms with Crippen LogP contribution in [0.15, 0.2) is 24.3 Å². The first-order valence-corrected chi connectivity index (χ1v) is 5.25. The van der Waals surface area contributed by atoms with Gasteiger partial charge in [-0.3, -0.25) is 0 Å². The van der Waals surface area contributed by atoms with Crippen LogP contribution >= 0.6 is 11.6 Å². The third kappa shape index (κ3) is 3.48. The van der Waals surface area contributed by atoms with E-state index in [1.165, 1.54) is 0 Å². The van der Waals surface area contributed by atoms with E-state index in [1.807, 2.05) is 25.1 Å². The Morgan fingerprint density at radius 1 is 1.56 bits per heavy atom. The van der Waals surface area contributed by atoms with Crippen molar-refractivity contribution in [2.75, 3.05) is 6.54 Å². The van der Waals surface area contributed by atoms with Crippen molar-refractivity contribution in [1.29, 1.82) is 0 Å². The second kappa shape index (κ2) is 6.04. The summed E-state index contributed by atoms with van der Waals surface area (Å²) < 4.78 is 0. The number of carbonyl (C=O) groups is 1. The summed E-state index contributed by atoms with van der Waals surface area (Å²) in [7, 11) is 0. The van der Waals surface area contributed by atoms with Crippen molar-refractivity contribution in [3.63, 3.8) is 0 Å². The van der Waals surface area contributed by atoms with Crippen LogP contribution in [0.25, 0.3) is 0 Å². The highest BCUT2D eigenvalue weighted by Crippen LogP contribution is 2.21. The molecule has 0 radical (unpaired) electrons. The first kappa shape index (κ1) is 12.4. The third-order valence-corrected chi connectivity index (χ3v) is 2.41. The van der Waals surface area contributed by atoms with E-state index in [0.717, 1.165) is 5.56 Å². The summed E-state index contributed by atoms with van der Waals surface area (Å²) in [5.74, 6) is 2.32. The average Bonchev–Trinajstić information content (AvgIpc) is 2.26. The molecule has 0 aliphatic rings. The molecular weight excluding hydrogens is 224 g/mol. The molecule has 3 nitrogen and oxygen atoms in total. The van der Waals surface area contributed by atoms with Crippen LogP contribution in [0.3, 0.4) is 0 Å². The molecule has 0 spiro atoms. The van der Waals surface area contributed by atoms with E-state index >= 15 is 0 Å². The molecule has 0 heterocycles. The molecule has 1 rings (SSSR count). The maximum Gasteiger partial charge on any atom is 0.316 e. The van der Waals surface area contributed by atoms with Gasteiger partial charge in [-0.05, 0) is 18.6 Å². The van der Waals surface area contributed by atoms with Crippen LogP contribution in [0.1, 0.15) is 18.5 Å². The van der Waals surface area contributed by atoms with Crippen molar-refractivity contribution in [1.82, 2.24) is 10.6 Å². The minimum atomic E-state index is -0.301. The summed E-state index contributed by atoms with van der Waals surface area (Å²) in [5.41, 5.74) is 0.875. The second-order valence-electron chi connectivity index (χ2n) is 3.27. The van der Waals surface area contributed by atoms with Gasteiger partial charge in [-0.2, -0.15) is 0 Å². The molecule has 1 aromatic rings. The first-order valence-electron chi connectivity index (χ1n) is 4.87. The van der Waals surface area contributed by atoms with E-state index in [2.05, 4.69) is 16.6 Å². The first-order chi connectivity index (χ1) is 7.65. The molecule has 1 aromatic carbocycles. The van der Waals surface area contributed by atoms with E-state index in [0.29, 0.717) is 5.02 Å². The van der Waals surface area contributed by atoms with Gasteiger partial charge >= 0.3 is 6.03 Å². The Bertz CT molecular complexity index is 412. The van der Waals surface area contributed by atoms with Crippen molar-refractivity contribution in [2.24, 2.45) is 0 Å². The molecule has 0 bridgehead atoms. The number of halogens is 1. The standard InChI is InChI=1S/C12H13ClN2O/c1-3-8-14-12(16)15-9(2)10-6-4-5-7-11(10)13/h1,4-7,9H,8H2,2H3,(H2,14,15,16). The zero-order valence-electron chi connectivity index (χ0n) is 8.96. The summed E-state index contributed by atoms with van der Waals surface area (Å²) in [4.78, 5) is 11.3. The smallest absolute Gasteiger partial charge is 0.316 e. The van der Waals surface area contributed by atoms with Crippen LogP contribution in [0.2, 0.25) is 5.02 Å². The molecule has 0 fully saturated rings. The number of hydrogen-bond acceptors (Lipinski definition) is 1. The fraction of sp³-hybridized carbons (Fsp3) is 0.250. The number of carbonyl (C=O) groups excluding carboxylic acids is 1. The van der Waals surface area contributed by atoms with Gasteiger partial charge < -0.3 is 10.6 Å². The molecule has 84 valence electrons. The molecule has 1 unspecified atom stereocenters. The predicted octanol–water partition coefficient (Wildman–Crippen LogP) is 2.33. The van der Waals surface area contributed by atoms with Gasteiger partial charge in [0.25, 0.3) is 0 Å². The molecule has 4 heteroatoms. The molecule has 16 heavy (non-hydrogen) atoms. The van der Waals surface area contributed by atoms with E-state index < -0.39 is 0 Å². The summed E-state index contributed by atoms with van der Waals surface area (Å²) in [5, 5.41) is 5.90. The van der Waals surface area contributed by atoms with E-state index in [1.54, 1.807) is 6.07 Å². The number of urea groups is 1. The molecular formula is C12H13ClN2O. The van der Waals surface area contributed by atoms with Gasteiger partial charge in [0, 0.05) is 5.02 Å². The molecule has 1 atom stereocenters. The Hall–Kier alpha value is -1.66. The fourth-order valence-electron chi connectivity index (χ4n) is 1.28. The number of benzene rings is 1. The van der Waals surface area contributed by atoms with Crippen LogP contribution in [0.4, 0.5) is 4.79 Å². The molecule has 0 saturated carbocycles. The van der Waals surface area contributed by atoms with Crippen LogP contribution in [0, 0.1) is 12.3 Å². The lowest BCUT2D eigenvalue weighted by Gasteiger charge is -2.15. The topological polar surface area (TPSA) is 41.1 Å². The number of terminal acetylenes is 1. The van der Waals surface area contributed by atoms with Gasteiger partial charge in [-0.25, -0.2) is 4.79 Å². The van der Waals surface area contributed by atoms with Crippen molar-refractivity contribution in [2.45, 2.75) is 13.0 Å². The zero-order chi connectivity index (χ0) is 12.0. The predicted molar refractivity (Wildman–Crippen MR) is 65.2 cm³/mol. The van der Waals surface area contributed by atoms with Gasteiger partial charge in [-0.1, -0.05) is 35.7 Å². The zero-order valence-corrected chi connectivity index (χ0v) is 9.71. The normalized spacial score (nSPS) is 11.3. The minimum absolute atomic E-state index is 0.161. The highest BCUT2D eigenvalue weighted by molar-refractivity contribution is 6.31. The van der Waals surface area contributed by atoms with Gasteiger partial charge in [0.2, 0.25) is 0 Å². The lowest BCUT2D eigenvalue weighted by atomic mass is 10.1. The number of rotatable bonds is 3. The second-order valence-corrected chi connectivity index (χ2v) is 3.68. The quantitative estimate of drug-likeness (QED) is 0.778. The highest BCUT2D eigenvalue weighted by atomic mass is 35.5. The molecule has 2 N–H and O–H groups in total. The van der Waals surface area contributed by atoms with Gasteiger partial charge in [0.15, 0.2) is 0 Å². The molecule has 0 aliphatic heterocycles. The number of amides is 2. The summed E-state index contributed by atoms with van der Waals surface area (Å²) in [6, 6.07) is 6.91. The Balaban J connectivity index is 2.59. The largest absolute Gasteiger partial charge is 0.332 e. The fourth-order valence-corrected chi connectivity index (χ4v) is 1.58. The van der Waals surface area contributed by atoms with Crippen molar-refractivity contribution in [3.8, 4) is 12.3 Å². The van der Waals surface area contributed by atoms with E-state index in [-0.39, 0.29) is 18.6 Å². The molecule has 0 saturated heterocycles. The molecule has 0 aromatic heterocycles. The van der Waals surface area contributed by atoms with Gasteiger partial charge in [0.1, 0.15) is 0 Å². The lowest BCUT2D eigenvalue weighted by Crippen LogP contribution is -2.37. The minimum Gasteiger partial charge on any atom is -0.332 e.